The third kappa shape index (κ3) is 2.06. The normalized spacial score (nSPS) is 9.67. The zero-order chi connectivity index (χ0) is 6.85. The number of benzene rings is 1. The van der Waals surface area contributed by atoms with Gasteiger partial charge in [-0.25, -0.2) is 0 Å². The largest absolute Gasteiger partial charge is 0.0501 e. The molecule has 0 aliphatic rings. The van der Waals surface area contributed by atoms with E-state index >= 15 is 0 Å². The van der Waals surface area contributed by atoms with Crippen molar-refractivity contribution < 1.29 is 0 Å². The van der Waals surface area contributed by atoms with Crippen LogP contribution in [0.1, 0.15) is 0 Å². The molecule has 0 heterocycles. The molecule has 9 heavy (non-hydrogen) atoms. The van der Waals surface area contributed by atoms with E-state index in [1.807, 2.05) is 12.1 Å². The maximum atomic E-state index is 3.35. The molecule has 0 aromatic heterocycles. The zero-order valence-electron chi connectivity index (χ0n) is 4.29. The van der Waals surface area contributed by atoms with Crippen molar-refractivity contribution in [2.24, 2.45) is 0 Å². The fraction of sp³-hybridized carbons (Fsp3) is 0. The molecule has 0 nitrogen and oxygen atoms in total. The SMILES string of the molecule is Brc1[c]cc(Br)c(Br)c1. The lowest BCUT2D eigenvalue weighted by molar-refractivity contribution is 1.54. The molecule has 0 aliphatic heterocycles. The molecular weight excluding hydrogens is 312 g/mol. The van der Waals surface area contributed by atoms with Gasteiger partial charge >= 0.3 is 0 Å². The van der Waals surface area contributed by atoms with Crippen molar-refractivity contribution in [3.8, 4) is 0 Å². The average molecular weight is 314 g/mol. The number of halogens is 3. The van der Waals surface area contributed by atoms with E-state index < -0.39 is 0 Å². The molecule has 0 aliphatic carbocycles. The minimum Gasteiger partial charge on any atom is -0.0501 e. The second kappa shape index (κ2) is 3.17. The van der Waals surface area contributed by atoms with Gasteiger partial charge in [0.2, 0.25) is 0 Å². The molecule has 47 valence electrons. The molecule has 1 aromatic rings. The Bertz CT molecular complexity index is 220. The van der Waals surface area contributed by atoms with E-state index in [1.165, 1.54) is 0 Å². The molecule has 0 bridgehead atoms. The molecule has 0 fully saturated rings. The maximum Gasteiger partial charge on any atom is 0.0329 e. The molecule has 0 amide bonds. The first kappa shape index (κ1) is 7.76. The zero-order valence-corrected chi connectivity index (χ0v) is 9.05. The average Bonchev–Trinajstić information content (AvgIpc) is 1.80. The van der Waals surface area contributed by atoms with Crippen LogP contribution in [-0.2, 0) is 0 Å². The molecule has 1 aromatic carbocycles. The highest BCUT2D eigenvalue weighted by Crippen LogP contribution is 2.25. The van der Waals surface area contributed by atoms with Crippen LogP contribution in [0.2, 0.25) is 0 Å². The van der Waals surface area contributed by atoms with Crippen LogP contribution in [0.25, 0.3) is 0 Å². The molecule has 0 saturated heterocycles. The fourth-order valence-corrected chi connectivity index (χ4v) is 1.65. The second-order valence-electron chi connectivity index (χ2n) is 1.48. The molecule has 0 saturated carbocycles. The van der Waals surface area contributed by atoms with Crippen LogP contribution in [0.15, 0.2) is 25.6 Å². The van der Waals surface area contributed by atoms with Crippen LogP contribution in [0.3, 0.4) is 0 Å². The molecule has 1 radical (unpaired) electrons. The van der Waals surface area contributed by atoms with Crippen molar-refractivity contribution in [2.45, 2.75) is 0 Å². The van der Waals surface area contributed by atoms with Gasteiger partial charge in [-0.05, 0) is 50.1 Å². The first-order valence-electron chi connectivity index (χ1n) is 2.22. The van der Waals surface area contributed by atoms with Gasteiger partial charge in [0, 0.05) is 13.4 Å². The van der Waals surface area contributed by atoms with Crippen LogP contribution in [-0.4, -0.2) is 0 Å². The highest BCUT2D eigenvalue weighted by molar-refractivity contribution is 9.13. The number of hydrogen-bond donors (Lipinski definition) is 0. The minimum atomic E-state index is 0.956. The molecule has 0 atom stereocenters. The summed E-state index contributed by atoms with van der Waals surface area (Å²) in [7, 11) is 0. The predicted octanol–water partition coefficient (Wildman–Crippen LogP) is 3.77. The summed E-state index contributed by atoms with van der Waals surface area (Å²) in [6.45, 7) is 0. The van der Waals surface area contributed by atoms with Crippen LogP contribution in [0.4, 0.5) is 0 Å². The molecule has 1 rings (SSSR count). The highest BCUT2D eigenvalue weighted by atomic mass is 79.9. The predicted molar refractivity (Wildman–Crippen MR) is 48.4 cm³/mol. The summed E-state index contributed by atoms with van der Waals surface area (Å²) < 4.78 is 3.01. The Balaban J connectivity index is 3.17. The Morgan fingerprint density at radius 3 is 2.22 bits per heavy atom. The Morgan fingerprint density at radius 1 is 1.11 bits per heavy atom. The van der Waals surface area contributed by atoms with Crippen molar-refractivity contribution in [1.29, 1.82) is 0 Å². The smallest absolute Gasteiger partial charge is 0.0329 e. The minimum absolute atomic E-state index is 0.956. The standard InChI is InChI=1S/C6H2Br3/c7-4-1-2-5(8)6(9)3-4/h2-3H. The molecule has 0 N–H and O–H groups in total. The van der Waals surface area contributed by atoms with Gasteiger partial charge in [0.25, 0.3) is 0 Å². The number of hydrogen-bond acceptors (Lipinski definition) is 0. The van der Waals surface area contributed by atoms with Gasteiger partial charge in [-0.2, -0.15) is 0 Å². The van der Waals surface area contributed by atoms with Crippen LogP contribution < -0.4 is 0 Å². The van der Waals surface area contributed by atoms with Gasteiger partial charge in [0.1, 0.15) is 0 Å². The van der Waals surface area contributed by atoms with Gasteiger partial charge in [0.15, 0.2) is 0 Å². The molecule has 0 spiro atoms. The molecular formula is C6H2Br3. The first-order chi connectivity index (χ1) is 4.20. The second-order valence-corrected chi connectivity index (χ2v) is 4.04. The highest BCUT2D eigenvalue weighted by Gasteiger charge is 1.94. The monoisotopic (exact) mass is 311 g/mol. The quantitative estimate of drug-likeness (QED) is 0.640. The lowest BCUT2D eigenvalue weighted by Crippen LogP contribution is -1.68. The van der Waals surface area contributed by atoms with Gasteiger partial charge in [0.05, 0.1) is 0 Å². The third-order valence-corrected chi connectivity index (χ3v) is 3.12. The summed E-state index contributed by atoms with van der Waals surface area (Å²) in [6, 6.07) is 6.77. The van der Waals surface area contributed by atoms with E-state index in [1.54, 1.807) is 0 Å². The van der Waals surface area contributed by atoms with E-state index in [4.69, 9.17) is 0 Å². The van der Waals surface area contributed by atoms with Crippen molar-refractivity contribution in [3.05, 3.63) is 31.6 Å². The van der Waals surface area contributed by atoms with Crippen molar-refractivity contribution in [2.75, 3.05) is 0 Å². The summed E-state index contributed by atoms with van der Waals surface area (Å²) in [5, 5.41) is 0. The Morgan fingerprint density at radius 2 is 1.78 bits per heavy atom. The summed E-state index contributed by atoms with van der Waals surface area (Å²) in [5.41, 5.74) is 0. The van der Waals surface area contributed by atoms with Crippen LogP contribution in [0, 0.1) is 6.07 Å². The van der Waals surface area contributed by atoms with Crippen molar-refractivity contribution in [1.82, 2.24) is 0 Å². The number of rotatable bonds is 0. The summed E-state index contributed by atoms with van der Waals surface area (Å²) in [5.74, 6) is 0. The lowest BCUT2D eigenvalue weighted by atomic mass is 10.4. The van der Waals surface area contributed by atoms with Crippen molar-refractivity contribution >= 4 is 47.8 Å². The van der Waals surface area contributed by atoms with E-state index in [0.717, 1.165) is 13.4 Å². The Kier molecular flexibility index (Phi) is 2.73. The van der Waals surface area contributed by atoms with E-state index in [2.05, 4.69) is 53.9 Å². The van der Waals surface area contributed by atoms with Gasteiger partial charge in [-0.1, -0.05) is 15.9 Å². The topological polar surface area (TPSA) is 0 Å². The molecule has 0 unspecified atom stereocenters. The van der Waals surface area contributed by atoms with Crippen LogP contribution >= 0.6 is 47.8 Å². The maximum absolute atomic E-state index is 3.35. The van der Waals surface area contributed by atoms with E-state index in [0.29, 0.717) is 0 Å². The Hall–Kier alpha value is 0.660. The van der Waals surface area contributed by atoms with E-state index in [-0.39, 0.29) is 0 Å². The molecule has 3 heteroatoms. The van der Waals surface area contributed by atoms with Gasteiger partial charge in [-0.15, -0.1) is 0 Å². The van der Waals surface area contributed by atoms with Gasteiger partial charge in [-0.3, -0.25) is 0 Å². The summed E-state index contributed by atoms with van der Waals surface area (Å²) in [6.07, 6.45) is 0. The first-order valence-corrected chi connectivity index (χ1v) is 4.60. The van der Waals surface area contributed by atoms with E-state index in [9.17, 15) is 0 Å². The fourth-order valence-electron chi connectivity index (χ4n) is 0.423. The third-order valence-electron chi connectivity index (χ3n) is 0.818. The summed E-state index contributed by atoms with van der Waals surface area (Å²) >= 11 is 9.97. The van der Waals surface area contributed by atoms with Crippen molar-refractivity contribution in [3.63, 3.8) is 0 Å². The summed E-state index contributed by atoms with van der Waals surface area (Å²) in [4.78, 5) is 0. The van der Waals surface area contributed by atoms with Crippen LogP contribution in [0.5, 0.6) is 0 Å². The Labute approximate surface area is 79.0 Å². The lowest BCUT2D eigenvalue weighted by Gasteiger charge is -1.93. The van der Waals surface area contributed by atoms with Gasteiger partial charge < -0.3 is 0 Å².